The second-order valence-electron chi connectivity index (χ2n) is 15.8. The molecule has 0 unspecified atom stereocenters. The Hall–Kier alpha value is -2.63. The molecule has 2 aromatic rings. The van der Waals surface area contributed by atoms with E-state index >= 15 is 0 Å². The number of hydrogen-bond donors (Lipinski definition) is 1. The van der Waals surface area contributed by atoms with E-state index in [4.69, 9.17) is 21.1 Å². The first-order chi connectivity index (χ1) is 23.9. The van der Waals surface area contributed by atoms with Crippen molar-refractivity contribution in [1.29, 1.82) is 0 Å². The zero-order valence-corrected chi connectivity index (χ0v) is 31.4. The van der Waals surface area contributed by atoms with Gasteiger partial charge in [-0.25, -0.2) is 13.1 Å². The van der Waals surface area contributed by atoms with Gasteiger partial charge in [-0.15, -0.1) is 0 Å². The third-order valence-electron chi connectivity index (χ3n) is 12.3. The summed E-state index contributed by atoms with van der Waals surface area (Å²) in [6.07, 6.45) is 13.2. The van der Waals surface area contributed by atoms with Crippen LogP contribution in [0.4, 0.5) is 5.69 Å². The molecule has 50 heavy (non-hydrogen) atoms. The van der Waals surface area contributed by atoms with Crippen LogP contribution in [0.3, 0.4) is 0 Å². The Labute approximate surface area is 303 Å². The highest BCUT2D eigenvalue weighted by Gasteiger charge is 2.45. The molecule has 0 radical (unpaired) electrons. The normalized spacial score (nSPS) is 30.6. The highest BCUT2D eigenvalue weighted by Crippen LogP contribution is 2.47. The molecule has 1 spiro atoms. The number of benzene rings is 2. The number of likely N-dealkylation sites (tertiary alicyclic amines) is 1. The maximum absolute atomic E-state index is 13.8. The number of hydrogen-bond acceptors (Lipinski definition) is 8. The van der Waals surface area contributed by atoms with Crippen LogP contribution < -0.4 is 14.4 Å². The number of carbonyl (C=O) groups excluding carboxylic acids is 1. The van der Waals surface area contributed by atoms with Gasteiger partial charge in [-0.1, -0.05) is 36.2 Å². The number of carbonyl (C=O) groups is 1. The van der Waals surface area contributed by atoms with Crippen molar-refractivity contribution in [1.82, 2.24) is 14.5 Å². The number of ether oxygens (including phenoxy) is 2. The van der Waals surface area contributed by atoms with E-state index in [1.807, 2.05) is 18.0 Å². The van der Waals surface area contributed by atoms with E-state index < -0.39 is 21.5 Å². The molecule has 4 atom stereocenters. The molecule has 272 valence electrons. The van der Waals surface area contributed by atoms with E-state index in [0.29, 0.717) is 43.9 Å². The van der Waals surface area contributed by atoms with Crippen LogP contribution in [0.5, 0.6) is 5.75 Å². The van der Waals surface area contributed by atoms with E-state index in [1.165, 1.54) is 30.4 Å². The number of aryl methyl sites for hydroxylation is 1. The molecule has 2 fully saturated rings. The van der Waals surface area contributed by atoms with E-state index in [1.54, 1.807) is 32.0 Å². The molecule has 2 bridgehead atoms. The maximum atomic E-state index is 13.8. The zero-order chi connectivity index (χ0) is 35.1. The minimum atomic E-state index is -4.16. The van der Waals surface area contributed by atoms with Gasteiger partial charge in [0.05, 0.1) is 35.4 Å². The molecule has 3 aliphatic heterocycles. The van der Waals surface area contributed by atoms with Crippen molar-refractivity contribution in [3.05, 3.63) is 64.7 Å². The van der Waals surface area contributed by atoms with Crippen molar-refractivity contribution in [3.63, 3.8) is 0 Å². The monoisotopic (exact) mass is 724 g/mol. The van der Waals surface area contributed by atoms with Gasteiger partial charge >= 0.3 is 0 Å². The van der Waals surface area contributed by atoms with Crippen molar-refractivity contribution in [2.24, 2.45) is 11.8 Å². The van der Waals surface area contributed by atoms with Crippen molar-refractivity contribution in [3.8, 4) is 5.75 Å². The lowest BCUT2D eigenvalue weighted by Gasteiger charge is -2.46. The van der Waals surface area contributed by atoms with Gasteiger partial charge in [0.15, 0.2) is 0 Å². The molecule has 1 amide bonds. The Morgan fingerprint density at radius 1 is 1.06 bits per heavy atom. The molecule has 1 saturated carbocycles. The number of sulfonamides is 1. The summed E-state index contributed by atoms with van der Waals surface area (Å²) >= 11 is 6.47. The molecule has 0 aromatic heterocycles. The lowest BCUT2D eigenvalue weighted by molar-refractivity contribution is -0.128. The average molecular weight is 725 g/mol. The molecule has 11 heteroatoms. The van der Waals surface area contributed by atoms with Crippen LogP contribution in [-0.4, -0.2) is 95.3 Å². The smallest absolute Gasteiger partial charge is 0.264 e. The predicted molar refractivity (Wildman–Crippen MR) is 198 cm³/mol. The van der Waals surface area contributed by atoms with Crippen LogP contribution in [0.15, 0.2) is 53.4 Å². The number of likely N-dealkylation sites (N-methyl/N-ethyl adjacent to an activating group) is 1. The SMILES string of the molecule is CN1C/C=C\[C@H](OCCN2CCCCC2)[C@@H]2CC[C@H]2CN2C[C@@]3(CCCc4cc(Cl)ccc43)COc3ccc(cc32)S(=O)(=O)NC(=O)C1(C)C. The summed E-state index contributed by atoms with van der Waals surface area (Å²) in [6, 6.07) is 11.3. The van der Waals surface area contributed by atoms with Crippen LogP contribution >= 0.6 is 11.6 Å². The van der Waals surface area contributed by atoms with Gasteiger partial charge in [0.2, 0.25) is 0 Å². The fourth-order valence-electron chi connectivity index (χ4n) is 8.68. The predicted octanol–water partition coefficient (Wildman–Crippen LogP) is 5.80. The Morgan fingerprint density at radius 2 is 1.88 bits per heavy atom. The fraction of sp³-hybridized carbons (Fsp3) is 0.615. The van der Waals surface area contributed by atoms with Crippen LogP contribution in [0, 0.1) is 11.8 Å². The zero-order valence-electron chi connectivity index (χ0n) is 29.8. The Kier molecular flexibility index (Phi) is 10.3. The first-order valence-electron chi connectivity index (χ1n) is 18.6. The lowest BCUT2D eigenvalue weighted by Crippen LogP contribution is -2.54. The van der Waals surface area contributed by atoms with Gasteiger partial charge in [-0.3, -0.25) is 9.69 Å². The summed E-state index contributed by atoms with van der Waals surface area (Å²) in [6.45, 7) is 9.85. The van der Waals surface area contributed by atoms with Gasteiger partial charge in [0.25, 0.3) is 15.9 Å². The van der Waals surface area contributed by atoms with Crippen LogP contribution in [-0.2, 0) is 31.4 Å². The van der Waals surface area contributed by atoms with Crippen molar-refractivity contribution in [2.75, 3.05) is 64.4 Å². The minimum Gasteiger partial charge on any atom is -0.490 e. The largest absolute Gasteiger partial charge is 0.490 e. The average Bonchev–Trinajstić information content (AvgIpc) is 3.23. The van der Waals surface area contributed by atoms with Gasteiger partial charge in [-0.05, 0) is 132 Å². The molecule has 1 N–H and O–H groups in total. The van der Waals surface area contributed by atoms with Crippen LogP contribution in [0.1, 0.15) is 69.9 Å². The van der Waals surface area contributed by atoms with Crippen molar-refractivity contribution in [2.45, 2.75) is 87.2 Å². The highest BCUT2D eigenvalue weighted by atomic mass is 35.5. The standard InChI is InChI=1S/C39H53ClN4O5S/c1-38(2)37(45)41-50(46,47)31-13-16-36-34(24-31)44(26-39(27-49-36)17-7-9-28-23-30(40)12-15-33(28)39)25-29-11-14-32(29)35(10-8-18-42(38)3)48-22-21-43-19-5-4-6-20-43/h8,10,12-13,15-16,23-24,29,32,35H,4-7,9,11,14,17-22,25-27H2,1-3H3,(H,41,45)/b10-8-/t29-,32+,35-,39-/m0/s1. The number of halogens is 1. The Bertz CT molecular complexity index is 1710. The highest BCUT2D eigenvalue weighted by molar-refractivity contribution is 7.90. The summed E-state index contributed by atoms with van der Waals surface area (Å²) < 4.78 is 43.4. The third-order valence-corrected chi connectivity index (χ3v) is 13.8. The second kappa shape index (κ2) is 14.4. The Morgan fingerprint density at radius 3 is 2.66 bits per heavy atom. The van der Waals surface area contributed by atoms with E-state index in [-0.39, 0.29) is 16.4 Å². The molecule has 2 aliphatic carbocycles. The molecule has 2 aromatic carbocycles. The molecular formula is C39H53ClN4O5S. The minimum absolute atomic E-state index is 0.0438. The molecule has 1 saturated heterocycles. The van der Waals surface area contributed by atoms with Crippen LogP contribution in [0.2, 0.25) is 5.02 Å². The summed E-state index contributed by atoms with van der Waals surface area (Å²) in [4.78, 5) is 20.4. The fourth-order valence-corrected chi connectivity index (χ4v) is 10.0. The van der Waals surface area contributed by atoms with Crippen molar-refractivity contribution < 1.29 is 22.7 Å². The van der Waals surface area contributed by atoms with Gasteiger partial charge in [-0.2, -0.15) is 0 Å². The first kappa shape index (κ1) is 35.8. The third kappa shape index (κ3) is 7.20. The Balaban J connectivity index is 1.25. The second-order valence-corrected chi connectivity index (χ2v) is 17.9. The van der Waals surface area contributed by atoms with Gasteiger partial charge < -0.3 is 19.3 Å². The van der Waals surface area contributed by atoms with Crippen LogP contribution in [0.25, 0.3) is 0 Å². The number of rotatable bonds is 4. The summed E-state index contributed by atoms with van der Waals surface area (Å²) in [5, 5.41) is 0.742. The number of piperidine rings is 1. The molecule has 3 heterocycles. The lowest BCUT2D eigenvalue weighted by atomic mass is 9.68. The summed E-state index contributed by atoms with van der Waals surface area (Å²) in [5.74, 6) is 0.779. The topological polar surface area (TPSA) is 91.4 Å². The van der Waals surface area contributed by atoms with E-state index in [2.05, 4.69) is 38.8 Å². The van der Waals surface area contributed by atoms with E-state index in [0.717, 1.165) is 69.0 Å². The quantitative estimate of drug-likeness (QED) is 0.397. The first-order valence-corrected chi connectivity index (χ1v) is 20.4. The molecule has 5 aliphatic rings. The number of anilines is 1. The van der Waals surface area contributed by atoms with E-state index in [9.17, 15) is 13.2 Å². The van der Waals surface area contributed by atoms with Gasteiger partial charge in [0.1, 0.15) is 5.75 Å². The number of amides is 1. The molecular weight excluding hydrogens is 672 g/mol. The summed E-state index contributed by atoms with van der Waals surface area (Å²) in [7, 11) is -2.31. The summed E-state index contributed by atoms with van der Waals surface area (Å²) in [5.41, 5.74) is 1.93. The number of nitrogens with zero attached hydrogens (tertiary/aromatic N) is 3. The molecule has 7 rings (SSSR count). The van der Waals surface area contributed by atoms with Gasteiger partial charge in [0, 0.05) is 36.6 Å². The molecule has 9 nitrogen and oxygen atoms in total. The number of fused-ring (bicyclic) bond motifs is 4. The number of nitrogens with one attached hydrogen (secondary N) is 1. The maximum Gasteiger partial charge on any atom is 0.264 e. The van der Waals surface area contributed by atoms with Crippen molar-refractivity contribution >= 4 is 33.2 Å².